The lowest BCUT2D eigenvalue weighted by Gasteiger charge is -2.12. The van der Waals surface area contributed by atoms with E-state index in [-0.39, 0.29) is 6.03 Å². The number of amides is 2. The van der Waals surface area contributed by atoms with Crippen molar-refractivity contribution in [3.8, 4) is 5.75 Å². The van der Waals surface area contributed by atoms with Crippen molar-refractivity contribution in [3.05, 3.63) is 57.6 Å². The summed E-state index contributed by atoms with van der Waals surface area (Å²) >= 11 is 11.7. The molecule has 0 saturated carbocycles. The highest BCUT2D eigenvalue weighted by Crippen LogP contribution is 2.23. The molecule has 1 atom stereocenters. The molecule has 2 aromatic rings. The average Bonchev–Trinajstić information content (AvgIpc) is 2.61. The summed E-state index contributed by atoms with van der Waals surface area (Å²) in [6.07, 6.45) is -0.852. The molecule has 0 spiro atoms. The van der Waals surface area contributed by atoms with E-state index in [1.165, 1.54) is 11.8 Å². The lowest BCUT2D eigenvalue weighted by Crippen LogP contribution is -2.27. The van der Waals surface area contributed by atoms with Gasteiger partial charge in [0.05, 0.1) is 0 Å². The van der Waals surface area contributed by atoms with E-state index in [1.54, 1.807) is 38.4 Å². The number of carboxylic acids is 1. The van der Waals surface area contributed by atoms with Gasteiger partial charge in [-0.3, -0.25) is 0 Å². The molecule has 28 heavy (non-hydrogen) atoms. The number of hydrogen-bond acceptors (Lipinski definition) is 3. The van der Waals surface area contributed by atoms with Gasteiger partial charge >= 0.3 is 12.0 Å². The molecule has 152 valence electrons. The Bertz CT molecular complexity index is 841. The quantitative estimate of drug-likeness (QED) is 0.699. The first kappa shape index (κ1) is 23.6. The predicted octanol–water partition coefficient (Wildman–Crippen LogP) is 5.24. The molecule has 6 nitrogen and oxygen atoms in total. The monoisotopic (exact) mass is 426 g/mol. The Morgan fingerprint density at radius 1 is 1.07 bits per heavy atom. The normalized spacial score (nSPS) is 11.0. The molecule has 0 aliphatic heterocycles. The lowest BCUT2D eigenvalue weighted by atomic mass is 10.2. The van der Waals surface area contributed by atoms with Gasteiger partial charge in [0.25, 0.3) is 0 Å². The van der Waals surface area contributed by atoms with E-state index in [4.69, 9.17) is 33.0 Å². The Morgan fingerprint density at radius 3 is 2.21 bits per heavy atom. The van der Waals surface area contributed by atoms with Crippen molar-refractivity contribution >= 4 is 40.9 Å². The van der Waals surface area contributed by atoms with Crippen molar-refractivity contribution in [3.63, 3.8) is 0 Å². The van der Waals surface area contributed by atoms with Crippen LogP contribution in [-0.4, -0.2) is 42.2 Å². The maximum atomic E-state index is 11.3. The molecule has 2 rings (SSSR count). The van der Waals surface area contributed by atoms with Gasteiger partial charge in [0.15, 0.2) is 6.10 Å². The number of urea groups is 1. The summed E-state index contributed by atoms with van der Waals surface area (Å²) in [7, 11) is 3.37. The van der Waals surface area contributed by atoms with Gasteiger partial charge < -0.3 is 20.1 Å². The molecular weight excluding hydrogens is 403 g/mol. The average molecular weight is 427 g/mol. The van der Waals surface area contributed by atoms with E-state index in [1.807, 2.05) is 26.0 Å². The van der Waals surface area contributed by atoms with Crippen molar-refractivity contribution in [2.45, 2.75) is 26.9 Å². The first-order chi connectivity index (χ1) is 13.0. The van der Waals surface area contributed by atoms with E-state index in [0.717, 1.165) is 11.1 Å². The van der Waals surface area contributed by atoms with Gasteiger partial charge in [-0.2, -0.15) is 0 Å². The SMILES string of the molecule is Cc1cc(Cl)ccc1OC(C)C(=O)O.Cc1ccc(NC(=O)N(C)C)cc1Cl. The van der Waals surface area contributed by atoms with Crippen LogP contribution in [0, 0.1) is 13.8 Å². The van der Waals surface area contributed by atoms with Gasteiger partial charge in [-0.25, -0.2) is 9.59 Å². The van der Waals surface area contributed by atoms with E-state index in [2.05, 4.69) is 5.32 Å². The standard InChI is InChI=1S/C10H13ClN2O.C10H11ClO3/c1-7-4-5-8(6-9(7)11)12-10(14)13(2)3;1-6-5-8(11)3-4-9(6)14-7(2)10(12)13/h4-6H,1-3H3,(H,12,14);3-5,7H,1-2H3,(H,12,13). The minimum absolute atomic E-state index is 0.162. The number of aliphatic carboxylic acids is 1. The molecule has 0 saturated heterocycles. The van der Waals surface area contributed by atoms with Crippen LogP contribution in [0.3, 0.4) is 0 Å². The highest BCUT2D eigenvalue weighted by molar-refractivity contribution is 6.31. The van der Waals surface area contributed by atoms with E-state index >= 15 is 0 Å². The first-order valence-electron chi connectivity index (χ1n) is 8.41. The zero-order valence-electron chi connectivity index (χ0n) is 16.4. The minimum Gasteiger partial charge on any atom is -0.479 e. The summed E-state index contributed by atoms with van der Waals surface area (Å²) in [4.78, 5) is 23.3. The van der Waals surface area contributed by atoms with Gasteiger partial charge in [0.2, 0.25) is 0 Å². The molecule has 1 unspecified atom stereocenters. The first-order valence-corrected chi connectivity index (χ1v) is 9.17. The number of nitrogens with zero attached hydrogens (tertiary/aromatic N) is 1. The predicted molar refractivity (Wildman–Crippen MR) is 113 cm³/mol. The number of ether oxygens (including phenoxy) is 1. The van der Waals surface area contributed by atoms with Crippen LogP contribution in [0.4, 0.5) is 10.5 Å². The number of carboxylic acid groups (broad SMARTS) is 1. The molecule has 0 aliphatic carbocycles. The van der Waals surface area contributed by atoms with Crippen LogP contribution in [-0.2, 0) is 4.79 Å². The third kappa shape index (κ3) is 7.66. The summed E-state index contributed by atoms with van der Waals surface area (Å²) in [5, 5.41) is 12.6. The molecule has 0 fully saturated rings. The van der Waals surface area contributed by atoms with Crippen LogP contribution < -0.4 is 10.1 Å². The highest BCUT2D eigenvalue weighted by Gasteiger charge is 2.13. The Labute approximate surface area is 175 Å². The summed E-state index contributed by atoms with van der Waals surface area (Å²) in [5.74, 6) is -0.441. The highest BCUT2D eigenvalue weighted by atomic mass is 35.5. The summed E-state index contributed by atoms with van der Waals surface area (Å²) < 4.78 is 5.20. The van der Waals surface area contributed by atoms with E-state index in [9.17, 15) is 9.59 Å². The maximum absolute atomic E-state index is 11.3. The van der Waals surface area contributed by atoms with Crippen molar-refractivity contribution in [2.24, 2.45) is 0 Å². The summed E-state index contributed by atoms with van der Waals surface area (Å²) in [6, 6.07) is 10.3. The zero-order valence-corrected chi connectivity index (χ0v) is 17.9. The van der Waals surface area contributed by atoms with Crippen molar-refractivity contribution < 1.29 is 19.4 Å². The summed E-state index contributed by atoms with van der Waals surface area (Å²) in [5.41, 5.74) is 2.53. The van der Waals surface area contributed by atoms with Crippen molar-refractivity contribution in [1.82, 2.24) is 4.90 Å². The topological polar surface area (TPSA) is 78.9 Å². The fraction of sp³-hybridized carbons (Fsp3) is 0.300. The molecule has 0 radical (unpaired) electrons. The maximum Gasteiger partial charge on any atom is 0.344 e. The molecular formula is C20H24Cl2N2O4. The summed E-state index contributed by atoms with van der Waals surface area (Å²) in [6.45, 7) is 5.21. The van der Waals surface area contributed by atoms with Crippen LogP contribution in [0.2, 0.25) is 10.0 Å². The van der Waals surface area contributed by atoms with Gasteiger partial charge in [0, 0.05) is 29.8 Å². The smallest absolute Gasteiger partial charge is 0.344 e. The molecule has 0 aliphatic rings. The third-order valence-electron chi connectivity index (χ3n) is 3.62. The minimum atomic E-state index is -0.987. The third-order valence-corrected chi connectivity index (χ3v) is 4.26. The number of anilines is 1. The number of carbonyl (C=O) groups excluding carboxylic acids is 1. The molecule has 2 amide bonds. The van der Waals surface area contributed by atoms with Crippen LogP contribution in [0.1, 0.15) is 18.1 Å². The van der Waals surface area contributed by atoms with Gasteiger partial charge in [-0.05, 0) is 62.2 Å². The van der Waals surface area contributed by atoms with Crippen LogP contribution in [0.25, 0.3) is 0 Å². The molecule has 0 bridgehead atoms. The van der Waals surface area contributed by atoms with Crippen molar-refractivity contribution in [1.29, 1.82) is 0 Å². The number of hydrogen-bond donors (Lipinski definition) is 2. The van der Waals surface area contributed by atoms with E-state index < -0.39 is 12.1 Å². The largest absolute Gasteiger partial charge is 0.479 e. The molecule has 2 N–H and O–H groups in total. The molecule has 0 heterocycles. The second-order valence-electron chi connectivity index (χ2n) is 6.30. The Hall–Kier alpha value is -2.44. The van der Waals surface area contributed by atoms with Crippen LogP contribution >= 0.6 is 23.2 Å². The number of nitrogens with one attached hydrogen (secondary N) is 1. The molecule has 0 aromatic heterocycles. The number of halogens is 2. The Balaban J connectivity index is 0.000000280. The fourth-order valence-corrected chi connectivity index (χ4v) is 2.30. The van der Waals surface area contributed by atoms with Crippen LogP contribution in [0.5, 0.6) is 5.75 Å². The molecule has 2 aromatic carbocycles. The lowest BCUT2D eigenvalue weighted by molar-refractivity contribution is -0.144. The van der Waals surface area contributed by atoms with Gasteiger partial charge in [0.1, 0.15) is 5.75 Å². The van der Waals surface area contributed by atoms with Crippen LogP contribution in [0.15, 0.2) is 36.4 Å². The number of carbonyl (C=O) groups is 2. The Morgan fingerprint density at radius 2 is 1.71 bits per heavy atom. The second kappa shape index (κ2) is 10.8. The van der Waals surface area contributed by atoms with E-state index in [0.29, 0.717) is 21.5 Å². The van der Waals surface area contributed by atoms with Gasteiger partial charge in [-0.15, -0.1) is 0 Å². The zero-order chi connectivity index (χ0) is 21.4. The number of benzene rings is 2. The van der Waals surface area contributed by atoms with Gasteiger partial charge in [-0.1, -0.05) is 29.3 Å². The number of rotatable bonds is 4. The number of aryl methyl sites for hydroxylation is 2. The Kier molecular flexibility index (Phi) is 9.09. The molecule has 8 heteroatoms. The van der Waals surface area contributed by atoms with Crippen molar-refractivity contribution in [2.75, 3.05) is 19.4 Å². The fourth-order valence-electron chi connectivity index (χ4n) is 1.89. The second-order valence-corrected chi connectivity index (χ2v) is 7.14.